The second-order valence-electron chi connectivity index (χ2n) is 5.94. The smallest absolute Gasteiger partial charge is 0.256 e. The molecule has 27 heavy (non-hydrogen) atoms. The number of fused-ring (bicyclic) bond motifs is 1. The summed E-state index contributed by atoms with van der Waals surface area (Å²) >= 11 is 0. The predicted molar refractivity (Wildman–Crippen MR) is 106 cm³/mol. The van der Waals surface area contributed by atoms with Crippen LogP contribution in [0.4, 0.5) is 5.82 Å². The molecule has 0 saturated carbocycles. The highest BCUT2D eigenvalue weighted by Gasteiger charge is 2.10. The Labute approximate surface area is 166 Å². The van der Waals surface area contributed by atoms with E-state index in [-0.39, 0.29) is 5.82 Å². The zero-order chi connectivity index (χ0) is 24.9. The number of carbonyl (C=O) groups excluding carboxylic acids is 1. The lowest BCUT2D eigenvalue weighted by atomic mass is 10.1. The van der Waals surface area contributed by atoms with Crippen LogP contribution in [-0.4, -0.2) is 25.4 Å². The maximum Gasteiger partial charge on any atom is 0.256 e. The average Bonchev–Trinajstić information content (AvgIpc) is 3.09. The maximum absolute atomic E-state index is 12.9. The highest BCUT2D eigenvalue weighted by molar-refractivity contribution is 6.04. The van der Waals surface area contributed by atoms with Gasteiger partial charge < -0.3 is 9.88 Å². The van der Waals surface area contributed by atoms with Crippen molar-refractivity contribution in [3.63, 3.8) is 0 Å². The molecule has 0 spiro atoms. The number of imidazole rings is 1. The molecule has 4 aromatic rings. The average molecular weight is 364 g/mol. The molecule has 1 N–H and O–H groups in total. The van der Waals surface area contributed by atoms with E-state index in [2.05, 4.69) is 20.3 Å². The molecule has 6 heteroatoms. The van der Waals surface area contributed by atoms with Crippen LogP contribution in [0.5, 0.6) is 0 Å². The fraction of sp³-hybridized carbons (Fsp3) is 0.143. The third-order valence-corrected chi connectivity index (χ3v) is 4.18. The molecule has 3 aromatic heterocycles. The number of carbonyl (C=O) groups is 1. The summed E-state index contributed by atoms with van der Waals surface area (Å²) in [7, 11) is 1.87. The molecule has 4 rings (SSSR count). The topological polar surface area (TPSA) is 72.7 Å². The lowest BCUT2D eigenvalue weighted by Crippen LogP contribution is -2.12. The minimum atomic E-state index is -2.85. The SMILES string of the molecule is [2H]c1c([2H])c(C([2H])([2H])[2H])c([2H])c([2H])c1C(=O)Nc1cc2cc(-c3cnc(C)n3C)ncc2cn1. The van der Waals surface area contributed by atoms with Crippen molar-refractivity contribution in [3.05, 3.63) is 71.8 Å². The van der Waals surface area contributed by atoms with Crippen LogP contribution >= 0.6 is 0 Å². The first-order valence-electron chi connectivity index (χ1n) is 11.6. The summed E-state index contributed by atoms with van der Waals surface area (Å²) in [5.74, 6) is 0.00841. The Balaban J connectivity index is 1.72. The van der Waals surface area contributed by atoms with Crippen LogP contribution in [0.25, 0.3) is 22.2 Å². The van der Waals surface area contributed by atoms with Crippen molar-refractivity contribution >= 4 is 22.5 Å². The van der Waals surface area contributed by atoms with Gasteiger partial charge in [-0.3, -0.25) is 9.78 Å². The molecule has 134 valence electrons. The number of anilines is 1. The van der Waals surface area contributed by atoms with Crippen LogP contribution < -0.4 is 5.32 Å². The van der Waals surface area contributed by atoms with Crippen molar-refractivity contribution in [1.82, 2.24) is 19.5 Å². The Kier molecular flexibility index (Phi) is 2.60. The second-order valence-corrected chi connectivity index (χ2v) is 5.94. The number of aryl methyl sites for hydroxylation is 1. The molecule has 0 radical (unpaired) electrons. The van der Waals surface area contributed by atoms with Gasteiger partial charge in [0.25, 0.3) is 5.91 Å². The first-order valence-corrected chi connectivity index (χ1v) is 8.06. The van der Waals surface area contributed by atoms with Gasteiger partial charge in [0.2, 0.25) is 0 Å². The molecule has 0 aliphatic rings. The minimum Gasteiger partial charge on any atom is -0.330 e. The number of pyridine rings is 2. The molecular formula is C21H19N5O. The molecule has 0 aliphatic heterocycles. The quantitative estimate of drug-likeness (QED) is 0.598. The van der Waals surface area contributed by atoms with Crippen LogP contribution in [0.15, 0.2) is 54.9 Å². The highest BCUT2D eigenvalue weighted by atomic mass is 16.1. The van der Waals surface area contributed by atoms with Gasteiger partial charge >= 0.3 is 0 Å². The summed E-state index contributed by atoms with van der Waals surface area (Å²) in [4.78, 5) is 25.7. The van der Waals surface area contributed by atoms with Gasteiger partial charge in [-0.25, -0.2) is 9.97 Å². The zero-order valence-corrected chi connectivity index (χ0v) is 14.6. The van der Waals surface area contributed by atoms with E-state index in [0.717, 1.165) is 11.5 Å². The summed E-state index contributed by atoms with van der Waals surface area (Å²) in [6.07, 6.45) is 4.85. The van der Waals surface area contributed by atoms with E-state index >= 15 is 0 Å². The maximum atomic E-state index is 12.9. The van der Waals surface area contributed by atoms with E-state index in [1.807, 2.05) is 24.6 Å². The lowest BCUT2D eigenvalue weighted by Gasteiger charge is -2.08. The van der Waals surface area contributed by atoms with Crippen molar-refractivity contribution in [1.29, 1.82) is 0 Å². The fourth-order valence-corrected chi connectivity index (χ4v) is 2.59. The third-order valence-electron chi connectivity index (χ3n) is 4.18. The standard InChI is InChI=1S/C21H19N5O/c1-13-4-6-15(7-5-13)21(27)25-20-9-16-8-18(23-10-17(16)11-24-20)19-12-22-14(2)26(19)3/h4-12H,1-3H3,(H,24,25,27)/i1D3,4D,5D,6D,7D. The number of benzene rings is 1. The predicted octanol–water partition coefficient (Wildman–Crippen LogP) is 3.90. The normalized spacial score (nSPS) is 15.1. The number of rotatable bonds is 3. The van der Waals surface area contributed by atoms with Gasteiger partial charge in [-0.2, -0.15) is 0 Å². The number of nitrogens with zero attached hydrogens (tertiary/aromatic N) is 4. The molecule has 6 nitrogen and oxygen atoms in total. The summed E-state index contributed by atoms with van der Waals surface area (Å²) in [6, 6.07) is 0.380. The van der Waals surface area contributed by atoms with Crippen molar-refractivity contribution in [2.24, 2.45) is 7.05 Å². The number of amides is 1. The monoisotopic (exact) mass is 364 g/mol. The molecule has 0 unspecified atom stereocenters. The van der Waals surface area contributed by atoms with E-state index in [1.54, 1.807) is 18.5 Å². The first-order chi connectivity index (χ1) is 15.9. The van der Waals surface area contributed by atoms with Crippen LogP contribution in [-0.2, 0) is 7.05 Å². The van der Waals surface area contributed by atoms with Gasteiger partial charge in [-0.1, -0.05) is 17.6 Å². The van der Waals surface area contributed by atoms with E-state index in [4.69, 9.17) is 9.60 Å². The third kappa shape index (κ3) is 3.29. The number of hydrogen-bond donors (Lipinski definition) is 1. The van der Waals surface area contributed by atoms with E-state index < -0.39 is 48.1 Å². The summed E-state index contributed by atoms with van der Waals surface area (Å²) < 4.78 is 56.5. The minimum absolute atomic E-state index is 0.118. The van der Waals surface area contributed by atoms with Crippen molar-refractivity contribution in [2.45, 2.75) is 13.8 Å². The Morgan fingerprint density at radius 3 is 2.56 bits per heavy atom. The van der Waals surface area contributed by atoms with Gasteiger partial charge in [-0.15, -0.1) is 0 Å². The summed E-state index contributed by atoms with van der Waals surface area (Å²) in [5.41, 5.74) is 0.178. The van der Waals surface area contributed by atoms with Crippen LogP contribution in [0.1, 0.15) is 31.3 Å². The first kappa shape index (κ1) is 10.6. The van der Waals surface area contributed by atoms with E-state index in [9.17, 15) is 4.79 Å². The molecule has 0 atom stereocenters. The van der Waals surface area contributed by atoms with E-state index in [1.165, 1.54) is 6.20 Å². The molecular weight excluding hydrogens is 338 g/mol. The van der Waals surface area contributed by atoms with Crippen LogP contribution in [0.2, 0.25) is 0 Å². The number of nitrogens with one attached hydrogen (secondary N) is 1. The van der Waals surface area contributed by atoms with Gasteiger partial charge in [0.15, 0.2) is 0 Å². The second kappa shape index (κ2) is 6.64. The Bertz CT molecular complexity index is 1430. The lowest BCUT2D eigenvalue weighted by molar-refractivity contribution is 0.102. The Hall–Kier alpha value is -3.54. The summed E-state index contributed by atoms with van der Waals surface area (Å²) in [5, 5.41) is 3.91. The van der Waals surface area contributed by atoms with E-state index in [0.29, 0.717) is 16.5 Å². The van der Waals surface area contributed by atoms with Crippen molar-refractivity contribution in [2.75, 3.05) is 5.32 Å². The van der Waals surface area contributed by atoms with Gasteiger partial charge in [-0.05, 0) is 43.4 Å². The van der Waals surface area contributed by atoms with Gasteiger partial charge in [0, 0.05) is 34.5 Å². The highest BCUT2D eigenvalue weighted by Crippen LogP contribution is 2.23. The molecule has 0 fully saturated rings. The molecule has 0 aliphatic carbocycles. The molecule has 0 saturated heterocycles. The van der Waals surface area contributed by atoms with Crippen molar-refractivity contribution in [3.8, 4) is 11.4 Å². The number of hydrogen-bond acceptors (Lipinski definition) is 4. The molecule has 0 bridgehead atoms. The molecule has 3 heterocycles. The summed E-state index contributed by atoms with van der Waals surface area (Å²) in [6.45, 7) is -0.981. The molecule has 1 amide bonds. The Morgan fingerprint density at radius 2 is 1.85 bits per heavy atom. The van der Waals surface area contributed by atoms with Crippen LogP contribution in [0, 0.1) is 13.8 Å². The van der Waals surface area contributed by atoms with Gasteiger partial charge in [0.1, 0.15) is 11.6 Å². The molecule has 1 aromatic carbocycles. The fourth-order valence-electron chi connectivity index (χ4n) is 2.59. The van der Waals surface area contributed by atoms with Gasteiger partial charge in [0.05, 0.1) is 23.1 Å². The Morgan fingerprint density at radius 1 is 1.07 bits per heavy atom. The van der Waals surface area contributed by atoms with Crippen molar-refractivity contribution < 1.29 is 14.4 Å². The number of aromatic nitrogens is 4. The largest absolute Gasteiger partial charge is 0.330 e. The zero-order valence-electron chi connectivity index (χ0n) is 21.6. The van der Waals surface area contributed by atoms with Crippen LogP contribution in [0.3, 0.4) is 0 Å².